The number of nitrogens with one attached hydrogen (secondary N) is 2. The fraction of sp³-hybridized carbons (Fsp3) is 0.737. The maximum absolute atomic E-state index is 12.3. The first-order valence-corrected chi connectivity index (χ1v) is 10.2. The van der Waals surface area contributed by atoms with Crippen LogP contribution in [0.3, 0.4) is 0 Å². The number of hydrogen-bond acceptors (Lipinski definition) is 7. The summed E-state index contributed by atoms with van der Waals surface area (Å²) in [5.41, 5.74) is 5.62. The van der Waals surface area contributed by atoms with Crippen molar-refractivity contribution in [3.63, 3.8) is 0 Å². The number of anilines is 2. The van der Waals surface area contributed by atoms with Crippen LogP contribution in [0.1, 0.15) is 55.3 Å². The number of ether oxygens (including phenoxy) is 1. The second kappa shape index (κ2) is 9.78. The Morgan fingerprint density at radius 3 is 2.57 bits per heavy atom. The number of hydrogen-bond donors (Lipinski definition) is 4. The number of aromatic nitrogens is 2. The summed E-state index contributed by atoms with van der Waals surface area (Å²) >= 11 is 0. The van der Waals surface area contributed by atoms with Crippen LogP contribution in [0.5, 0.6) is 0 Å². The molecule has 0 saturated heterocycles. The zero-order valence-electron chi connectivity index (χ0n) is 16.6. The molecule has 2 atom stereocenters. The van der Waals surface area contributed by atoms with E-state index in [0.29, 0.717) is 37.4 Å². The van der Waals surface area contributed by atoms with Crippen molar-refractivity contribution in [3.05, 3.63) is 11.8 Å². The fourth-order valence-corrected chi connectivity index (χ4v) is 4.13. The van der Waals surface area contributed by atoms with E-state index in [2.05, 4.69) is 20.6 Å². The largest absolute Gasteiger partial charge is 0.411 e. The number of nitrogens with zero attached hydrogens (tertiary/aromatic N) is 2. The van der Waals surface area contributed by atoms with Crippen LogP contribution in [-0.4, -0.2) is 58.6 Å². The number of aliphatic hydroxyl groups excluding tert-OH is 1. The van der Waals surface area contributed by atoms with Gasteiger partial charge in [-0.25, -0.2) is 4.98 Å². The lowest BCUT2D eigenvalue weighted by Crippen LogP contribution is -2.33. The SMILES string of the molecule is NC(=O)c1cnc(N[C@H]2CC[C@H](OCC(F)(F)F)CC2)nc1N[C@@H]1CCC[C@H]1CO. The first-order chi connectivity index (χ1) is 14.2. The first-order valence-electron chi connectivity index (χ1n) is 10.2. The second-order valence-electron chi connectivity index (χ2n) is 7.99. The van der Waals surface area contributed by atoms with Crippen molar-refractivity contribution in [2.24, 2.45) is 11.7 Å². The van der Waals surface area contributed by atoms with Gasteiger partial charge in [0.15, 0.2) is 0 Å². The summed E-state index contributed by atoms with van der Waals surface area (Å²) in [4.78, 5) is 20.3. The van der Waals surface area contributed by atoms with E-state index in [1.165, 1.54) is 6.20 Å². The van der Waals surface area contributed by atoms with Crippen molar-refractivity contribution < 1.29 is 27.8 Å². The number of carbonyl (C=O) groups is 1. The van der Waals surface area contributed by atoms with Gasteiger partial charge in [0.05, 0.1) is 11.7 Å². The first kappa shape index (κ1) is 22.5. The van der Waals surface area contributed by atoms with Gasteiger partial charge in [-0.15, -0.1) is 0 Å². The molecule has 5 N–H and O–H groups in total. The molecular weight excluding hydrogens is 403 g/mol. The van der Waals surface area contributed by atoms with Crippen molar-refractivity contribution >= 4 is 17.7 Å². The lowest BCUT2D eigenvalue weighted by molar-refractivity contribution is -0.187. The Morgan fingerprint density at radius 1 is 1.20 bits per heavy atom. The fourth-order valence-electron chi connectivity index (χ4n) is 4.13. The molecule has 11 heteroatoms. The molecule has 168 valence electrons. The molecule has 0 spiro atoms. The summed E-state index contributed by atoms with van der Waals surface area (Å²) in [6.07, 6.45) is 1.65. The predicted molar refractivity (Wildman–Crippen MR) is 104 cm³/mol. The summed E-state index contributed by atoms with van der Waals surface area (Å²) in [5, 5.41) is 15.9. The molecule has 1 aromatic rings. The summed E-state index contributed by atoms with van der Waals surface area (Å²) in [6.45, 7) is -1.17. The van der Waals surface area contributed by atoms with Gasteiger partial charge in [-0.05, 0) is 38.5 Å². The summed E-state index contributed by atoms with van der Waals surface area (Å²) < 4.78 is 41.8. The Morgan fingerprint density at radius 2 is 1.93 bits per heavy atom. The van der Waals surface area contributed by atoms with Gasteiger partial charge in [-0.1, -0.05) is 6.42 Å². The minimum Gasteiger partial charge on any atom is -0.396 e. The molecule has 0 aliphatic heterocycles. The average Bonchev–Trinajstić information content (AvgIpc) is 3.14. The molecule has 2 aliphatic carbocycles. The standard InChI is InChI=1S/C19H28F3N5O3/c20-19(21,22)10-30-13-6-4-12(5-7-13)25-18-24-8-14(16(23)29)17(27-18)26-15-3-1-2-11(15)9-28/h8,11-13,15,28H,1-7,9-10H2,(H2,23,29)(H2,24,25,26,27)/t11-,12-,13-,15+/m0/s1. The summed E-state index contributed by atoms with van der Waals surface area (Å²) in [6, 6.07) is -0.00300. The Balaban J connectivity index is 1.59. The van der Waals surface area contributed by atoms with Crippen LogP contribution < -0.4 is 16.4 Å². The lowest BCUT2D eigenvalue weighted by Gasteiger charge is -2.29. The van der Waals surface area contributed by atoms with Crippen LogP contribution in [0.15, 0.2) is 6.20 Å². The number of alkyl halides is 3. The van der Waals surface area contributed by atoms with Gasteiger partial charge in [0.25, 0.3) is 5.91 Å². The van der Waals surface area contributed by atoms with Gasteiger partial charge >= 0.3 is 6.18 Å². The Hall–Kier alpha value is -2.14. The van der Waals surface area contributed by atoms with Crippen molar-refractivity contribution in [1.82, 2.24) is 9.97 Å². The Bertz CT molecular complexity index is 726. The van der Waals surface area contributed by atoms with Gasteiger partial charge in [-0.3, -0.25) is 4.79 Å². The minimum atomic E-state index is -4.32. The molecular formula is C19H28F3N5O3. The van der Waals surface area contributed by atoms with Gasteiger partial charge in [0.2, 0.25) is 5.95 Å². The topological polar surface area (TPSA) is 122 Å². The smallest absolute Gasteiger partial charge is 0.396 e. The number of amides is 1. The van der Waals surface area contributed by atoms with E-state index in [-0.39, 0.29) is 30.2 Å². The van der Waals surface area contributed by atoms with E-state index < -0.39 is 24.8 Å². The third kappa shape index (κ3) is 6.18. The monoisotopic (exact) mass is 431 g/mol. The molecule has 0 bridgehead atoms. The van der Waals surface area contributed by atoms with Crippen LogP contribution in [-0.2, 0) is 4.74 Å². The van der Waals surface area contributed by atoms with Crippen molar-refractivity contribution in [2.75, 3.05) is 23.8 Å². The maximum Gasteiger partial charge on any atom is 0.411 e. The van der Waals surface area contributed by atoms with Gasteiger partial charge in [0, 0.05) is 30.8 Å². The van der Waals surface area contributed by atoms with E-state index in [9.17, 15) is 23.1 Å². The van der Waals surface area contributed by atoms with Crippen LogP contribution in [0.25, 0.3) is 0 Å². The third-order valence-corrected chi connectivity index (χ3v) is 5.76. The highest BCUT2D eigenvalue weighted by Crippen LogP contribution is 2.30. The molecule has 1 amide bonds. The number of primary amides is 1. The van der Waals surface area contributed by atoms with Crippen molar-refractivity contribution in [2.45, 2.75) is 69.3 Å². The van der Waals surface area contributed by atoms with Crippen LogP contribution in [0, 0.1) is 5.92 Å². The quantitative estimate of drug-likeness (QED) is 0.499. The molecule has 1 aromatic heterocycles. The maximum atomic E-state index is 12.3. The number of carbonyl (C=O) groups excluding carboxylic acids is 1. The van der Waals surface area contributed by atoms with Crippen molar-refractivity contribution in [1.29, 1.82) is 0 Å². The normalized spacial score (nSPS) is 27.1. The van der Waals surface area contributed by atoms with E-state index >= 15 is 0 Å². The molecule has 2 fully saturated rings. The zero-order valence-corrected chi connectivity index (χ0v) is 16.6. The molecule has 30 heavy (non-hydrogen) atoms. The zero-order chi connectivity index (χ0) is 21.7. The molecule has 1 heterocycles. The van der Waals surface area contributed by atoms with E-state index in [1.54, 1.807) is 0 Å². The van der Waals surface area contributed by atoms with Gasteiger partial charge < -0.3 is 26.2 Å². The van der Waals surface area contributed by atoms with Gasteiger partial charge in [0.1, 0.15) is 12.4 Å². The average molecular weight is 431 g/mol. The molecule has 2 aliphatic rings. The predicted octanol–water partition coefficient (Wildman–Crippen LogP) is 2.45. The van der Waals surface area contributed by atoms with Crippen LogP contribution >= 0.6 is 0 Å². The number of halogens is 3. The highest BCUT2D eigenvalue weighted by molar-refractivity contribution is 5.97. The minimum absolute atomic E-state index is 0.000291. The molecule has 0 aromatic carbocycles. The van der Waals surface area contributed by atoms with Gasteiger partial charge in [-0.2, -0.15) is 18.2 Å². The lowest BCUT2D eigenvalue weighted by atomic mass is 9.93. The third-order valence-electron chi connectivity index (χ3n) is 5.76. The number of nitrogens with two attached hydrogens (primary N) is 1. The summed E-state index contributed by atoms with van der Waals surface area (Å²) in [7, 11) is 0. The molecule has 8 nitrogen and oxygen atoms in total. The van der Waals surface area contributed by atoms with E-state index in [4.69, 9.17) is 10.5 Å². The highest BCUT2D eigenvalue weighted by Gasteiger charge is 2.31. The molecule has 0 radical (unpaired) electrons. The van der Waals surface area contributed by atoms with E-state index in [0.717, 1.165) is 19.3 Å². The highest BCUT2D eigenvalue weighted by atomic mass is 19.4. The summed E-state index contributed by atoms with van der Waals surface area (Å²) in [5.74, 6) is 0.0854. The number of rotatable bonds is 8. The number of aliphatic hydroxyl groups is 1. The van der Waals surface area contributed by atoms with Crippen LogP contribution in [0.4, 0.5) is 24.9 Å². The van der Waals surface area contributed by atoms with Crippen molar-refractivity contribution in [3.8, 4) is 0 Å². The Labute approximate surface area is 172 Å². The van der Waals surface area contributed by atoms with E-state index in [1.807, 2.05) is 0 Å². The molecule has 3 rings (SSSR count). The second-order valence-corrected chi connectivity index (χ2v) is 7.99. The van der Waals surface area contributed by atoms with Crippen LogP contribution in [0.2, 0.25) is 0 Å². The Kier molecular flexibility index (Phi) is 7.35. The molecule has 0 unspecified atom stereocenters. The molecule has 2 saturated carbocycles.